The Morgan fingerprint density at radius 2 is 1.89 bits per heavy atom. The molecule has 0 aliphatic heterocycles. The number of amides is 1. The van der Waals surface area contributed by atoms with Crippen LogP contribution in [-0.4, -0.2) is 27.1 Å². The zero-order chi connectivity index (χ0) is 19.6. The van der Waals surface area contributed by atoms with Crippen LogP contribution in [0.5, 0.6) is 5.75 Å². The first kappa shape index (κ1) is 17.5. The molecule has 2 N–H and O–H groups in total. The van der Waals surface area contributed by atoms with Crippen molar-refractivity contribution in [1.29, 1.82) is 0 Å². The summed E-state index contributed by atoms with van der Waals surface area (Å²) in [5, 5.41) is 35.9. The van der Waals surface area contributed by atoms with E-state index in [4.69, 9.17) is 4.42 Å². The van der Waals surface area contributed by atoms with E-state index in [1.165, 1.54) is 6.07 Å². The number of nitrogens with one attached hydrogen (secondary N) is 1. The summed E-state index contributed by atoms with van der Waals surface area (Å²) in [5.74, 6) is -1.54. The van der Waals surface area contributed by atoms with Crippen molar-refractivity contribution in [2.24, 2.45) is 5.10 Å². The molecule has 0 aliphatic rings. The molecule has 3 aromatic rings. The molecule has 0 radical (unpaired) electrons. The Bertz CT molecular complexity index is 1070. The molecule has 0 fully saturated rings. The number of furan rings is 1. The number of hydrogen-bond acceptors (Lipinski definition) is 8. The number of nitro groups is 2. The van der Waals surface area contributed by atoms with Crippen LogP contribution in [0.15, 0.2) is 52.0 Å². The van der Waals surface area contributed by atoms with Gasteiger partial charge in [-0.15, -0.1) is 0 Å². The van der Waals surface area contributed by atoms with Gasteiger partial charge < -0.3 is 9.52 Å². The number of para-hydroxylation sites is 1. The minimum atomic E-state index is -0.966. The third-order valence-corrected chi connectivity index (χ3v) is 3.53. The fourth-order valence-corrected chi connectivity index (χ4v) is 2.28. The van der Waals surface area contributed by atoms with Crippen LogP contribution < -0.4 is 5.43 Å². The number of aromatic hydroxyl groups is 1. The van der Waals surface area contributed by atoms with E-state index in [1.807, 2.05) is 0 Å². The summed E-state index contributed by atoms with van der Waals surface area (Å²) >= 11 is 0. The number of phenols is 1. The Balaban J connectivity index is 1.84. The highest BCUT2D eigenvalue weighted by Crippen LogP contribution is 2.33. The van der Waals surface area contributed by atoms with Crippen molar-refractivity contribution in [3.63, 3.8) is 0 Å². The minimum absolute atomic E-state index is 0.0254. The highest BCUT2D eigenvalue weighted by atomic mass is 16.6. The largest absolute Gasteiger partial charge is 0.502 e. The lowest BCUT2D eigenvalue weighted by Gasteiger charge is -2.01. The van der Waals surface area contributed by atoms with Crippen LogP contribution in [0.1, 0.15) is 16.1 Å². The molecule has 0 spiro atoms. The normalized spacial score (nSPS) is 11.0. The van der Waals surface area contributed by atoms with Gasteiger partial charge in [0.2, 0.25) is 5.75 Å². The number of fused-ring (bicyclic) bond motifs is 1. The molecule has 1 amide bonds. The summed E-state index contributed by atoms with van der Waals surface area (Å²) in [6.07, 6.45) is 0.857. The highest BCUT2D eigenvalue weighted by molar-refractivity contribution is 5.97. The van der Waals surface area contributed by atoms with Crippen LogP contribution in [0.25, 0.3) is 11.0 Å². The number of phenolic OH excluding ortho intramolecular Hbond substituents is 1. The van der Waals surface area contributed by atoms with E-state index in [-0.39, 0.29) is 11.3 Å². The van der Waals surface area contributed by atoms with Gasteiger partial charge in [-0.05, 0) is 12.1 Å². The third-order valence-electron chi connectivity index (χ3n) is 3.53. The maximum atomic E-state index is 12.0. The standard InChI is InChI=1S/C16H10N4O7/c21-15-10(5-11(19(23)24)7-12(15)20(25)26)8-17-18-16(22)14-6-9-3-1-2-4-13(9)27-14/h1-8,21H,(H,18,22)/b17-8+. The Kier molecular flexibility index (Phi) is 4.49. The molecule has 1 aromatic heterocycles. The van der Waals surface area contributed by atoms with Crippen molar-refractivity contribution in [3.05, 3.63) is 74.0 Å². The second-order valence-corrected chi connectivity index (χ2v) is 5.26. The van der Waals surface area contributed by atoms with Gasteiger partial charge in [0, 0.05) is 11.5 Å². The Labute approximate surface area is 149 Å². The van der Waals surface area contributed by atoms with Crippen LogP contribution in [0.3, 0.4) is 0 Å². The van der Waals surface area contributed by atoms with E-state index in [9.17, 15) is 30.1 Å². The quantitative estimate of drug-likeness (QED) is 0.396. The van der Waals surface area contributed by atoms with Crippen molar-refractivity contribution in [2.45, 2.75) is 0 Å². The number of carbonyl (C=O) groups is 1. The number of hydrogen-bond donors (Lipinski definition) is 2. The number of nitrogens with zero attached hydrogens (tertiary/aromatic N) is 3. The van der Waals surface area contributed by atoms with Crippen LogP contribution in [0.2, 0.25) is 0 Å². The van der Waals surface area contributed by atoms with Gasteiger partial charge in [0.25, 0.3) is 5.69 Å². The molecular weight excluding hydrogens is 360 g/mol. The molecule has 0 unspecified atom stereocenters. The lowest BCUT2D eigenvalue weighted by atomic mass is 10.1. The Morgan fingerprint density at radius 1 is 1.15 bits per heavy atom. The van der Waals surface area contributed by atoms with Gasteiger partial charge in [-0.1, -0.05) is 18.2 Å². The first-order chi connectivity index (χ1) is 12.9. The highest BCUT2D eigenvalue weighted by Gasteiger charge is 2.23. The lowest BCUT2D eigenvalue weighted by molar-refractivity contribution is -0.394. The summed E-state index contributed by atoms with van der Waals surface area (Å²) in [5.41, 5.74) is 0.853. The van der Waals surface area contributed by atoms with Gasteiger partial charge in [-0.25, -0.2) is 5.43 Å². The Morgan fingerprint density at radius 3 is 2.56 bits per heavy atom. The van der Waals surface area contributed by atoms with Crippen molar-refractivity contribution in [2.75, 3.05) is 0 Å². The molecule has 0 saturated carbocycles. The van der Waals surface area contributed by atoms with E-state index < -0.39 is 32.9 Å². The van der Waals surface area contributed by atoms with E-state index in [1.54, 1.807) is 24.3 Å². The van der Waals surface area contributed by atoms with Gasteiger partial charge >= 0.3 is 11.6 Å². The number of hydrazone groups is 1. The van der Waals surface area contributed by atoms with Crippen molar-refractivity contribution in [3.8, 4) is 5.75 Å². The average Bonchev–Trinajstić information content (AvgIpc) is 3.06. The lowest BCUT2D eigenvalue weighted by Crippen LogP contribution is -2.16. The minimum Gasteiger partial charge on any atom is -0.502 e. The number of rotatable bonds is 5. The van der Waals surface area contributed by atoms with Crippen LogP contribution in [0.4, 0.5) is 11.4 Å². The first-order valence-corrected chi connectivity index (χ1v) is 7.34. The predicted octanol–water partition coefficient (Wildman–Crippen LogP) is 2.72. The topological polar surface area (TPSA) is 161 Å². The Hall–Kier alpha value is -4.28. The summed E-state index contributed by atoms with van der Waals surface area (Å²) in [6, 6.07) is 9.95. The van der Waals surface area contributed by atoms with Crippen molar-refractivity contribution in [1.82, 2.24) is 5.43 Å². The third kappa shape index (κ3) is 3.56. The summed E-state index contributed by atoms with van der Waals surface area (Å²) < 4.78 is 5.34. The summed E-state index contributed by atoms with van der Waals surface area (Å²) in [7, 11) is 0. The van der Waals surface area contributed by atoms with Gasteiger partial charge in [-0.2, -0.15) is 5.10 Å². The maximum absolute atomic E-state index is 12.0. The molecular formula is C16H10N4O7. The summed E-state index contributed by atoms with van der Waals surface area (Å²) in [6.45, 7) is 0. The number of nitro benzene ring substituents is 2. The van der Waals surface area contributed by atoms with Crippen LogP contribution in [0, 0.1) is 20.2 Å². The SMILES string of the molecule is O=C(N/N=C/c1cc([N+](=O)[O-])cc([N+](=O)[O-])c1O)c1cc2ccccc2o1. The van der Waals surface area contributed by atoms with Crippen molar-refractivity contribution >= 4 is 34.5 Å². The average molecular weight is 370 g/mol. The van der Waals surface area contributed by atoms with E-state index in [0.717, 1.165) is 12.3 Å². The van der Waals surface area contributed by atoms with E-state index in [0.29, 0.717) is 17.0 Å². The van der Waals surface area contributed by atoms with Crippen LogP contribution in [-0.2, 0) is 0 Å². The first-order valence-electron chi connectivity index (χ1n) is 7.34. The van der Waals surface area contributed by atoms with Gasteiger partial charge in [0.15, 0.2) is 5.76 Å². The smallest absolute Gasteiger partial charge is 0.318 e. The van der Waals surface area contributed by atoms with E-state index in [2.05, 4.69) is 10.5 Å². The molecule has 1 heterocycles. The molecule has 0 atom stereocenters. The van der Waals surface area contributed by atoms with Gasteiger partial charge in [-0.3, -0.25) is 25.0 Å². The molecule has 0 saturated heterocycles. The molecule has 3 rings (SSSR count). The molecule has 2 aromatic carbocycles. The van der Waals surface area contributed by atoms with Crippen LogP contribution >= 0.6 is 0 Å². The van der Waals surface area contributed by atoms with Crippen molar-refractivity contribution < 1.29 is 24.2 Å². The molecule has 11 heteroatoms. The predicted molar refractivity (Wildman–Crippen MR) is 92.7 cm³/mol. The van der Waals surface area contributed by atoms with Gasteiger partial charge in [0.05, 0.1) is 27.7 Å². The molecule has 27 heavy (non-hydrogen) atoms. The molecule has 11 nitrogen and oxygen atoms in total. The number of benzene rings is 2. The molecule has 136 valence electrons. The second kappa shape index (κ2) is 6.92. The molecule has 0 bridgehead atoms. The monoisotopic (exact) mass is 370 g/mol. The maximum Gasteiger partial charge on any atom is 0.318 e. The zero-order valence-corrected chi connectivity index (χ0v) is 13.4. The summed E-state index contributed by atoms with van der Waals surface area (Å²) in [4.78, 5) is 32.0. The fraction of sp³-hybridized carbons (Fsp3) is 0. The van der Waals surface area contributed by atoms with Gasteiger partial charge in [0.1, 0.15) is 5.58 Å². The molecule has 0 aliphatic carbocycles. The second-order valence-electron chi connectivity index (χ2n) is 5.26. The zero-order valence-electron chi connectivity index (χ0n) is 13.4. The number of carbonyl (C=O) groups excluding carboxylic acids is 1. The van der Waals surface area contributed by atoms with E-state index >= 15 is 0 Å². The number of non-ortho nitro benzene ring substituents is 1. The fourth-order valence-electron chi connectivity index (χ4n) is 2.28.